The lowest BCUT2D eigenvalue weighted by molar-refractivity contribution is 0.625. The molecule has 0 aliphatic carbocycles. The lowest BCUT2D eigenvalue weighted by Gasteiger charge is -2.19. The molecule has 148 valence electrons. The van der Waals surface area contributed by atoms with Crippen molar-refractivity contribution in [3.8, 4) is 0 Å². The maximum absolute atomic E-state index is 13.5. The second kappa shape index (κ2) is 10.2. The summed E-state index contributed by atoms with van der Waals surface area (Å²) in [6.07, 6.45) is 6.41. The van der Waals surface area contributed by atoms with Gasteiger partial charge in [0.25, 0.3) is 0 Å². The lowest BCUT2D eigenvalue weighted by atomic mass is 10.1. The van der Waals surface area contributed by atoms with Crippen molar-refractivity contribution in [2.45, 2.75) is 18.8 Å². The Bertz CT molecular complexity index is 842. The highest BCUT2D eigenvalue weighted by molar-refractivity contribution is 7.97. The zero-order valence-corrected chi connectivity index (χ0v) is 17.2. The number of guanidine groups is 1. The van der Waals surface area contributed by atoms with E-state index in [0.29, 0.717) is 13.1 Å². The summed E-state index contributed by atoms with van der Waals surface area (Å²) in [5, 5.41) is 6.69. The summed E-state index contributed by atoms with van der Waals surface area (Å²) in [6.45, 7) is 3.23. The molecule has 6 heteroatoms. The molecule has 1 heterocycles. The minimum Gasteiger partial charge on any atom is -0.364 e. The number of nitrogens with zero attached hydrogens (tertiary/aromatic N) is 2. The Kier molecular flexibility index (Phi) is 7.37. The SMILES string of the molecule is CN=C(NCc1cccc(N2CC=CC2)c1)NCc1ccc(F)cc1CSC. The van der Waals surface area contributed by atoms with E-state index >= 15 is 0 Å². The largest absolute Gasteiger partial charge is 0.364 e. The summed E-state index contributed by atoms with van der Waals surface area (Å²) in [4.78, 5) is 6.64. The lowest BCUT2D eigenvalue weighted by Crippen LogP contribution is -2.36. The third-order valence-corrected chi connectivity index (χ3v) is 5.29. The van der Waals surface area contributed by atoms with E-state index in [2.05, 4.69) is 56.9 Å². The van der Waals surface area contributed by atoms with Crippen LogP contribution in [0.25, 0.3) is 0 Å². The van der Waals surface area contributed by atoms with Crippen molar-refractivity contribution in [2.24, 2.45) is 4.99 Å². The van der Waals surface area contributed by atoms with E-state index < -0.39 is 0 Å². The van der Waals surface area contributed by atoms with Gasteiger partial charge < -0.3 is 15.5 Å². The molecule has 0 amide bonds. The summed E-state index contributed by atoms with van der Waals surface area (Å²) in [5.41, 5.74) is 4.54. The van der Waals surface area contributed by atoms with Gasteiger partial charge in [-0.1, -0.05) is 30.4 Å². The van der Waals surface area contributed by atoms with E-state index in [-0.39, 0.29) is 5.82 Å². The van der Waals surface area contributed by atoms with Gasteiger partial charge in [0.2, 0.25) is 0 Å². The Morgan fingerprint density at radius 2 is 1.86 bits per heavy atom. The van der Waals surface area contributed by atoms with E-state index in [9.17, 15) is 4.39 Å². The summed E-state index contributed by atoms with van der Waals surface area (Å²) in [7, 11) is 1.76. The van der Waals surface area contributed by atoms with Crippen LogP contribution < -0.4 is 15.5 Å². The summed E-state index contributed by atoms with van der Waals surface area (Å²) >= 11 is 1.69. The number of aliphatic imine (C=N–C) groups is 1. The number of thioether (sulfide) groups is 1. The molecular formula is C22H27FN4S. The molecule has 1 aliphatic rings. The molecule has 0 atom stereocenters. The smallest absolute Gasteiger partial charge is 0.191 e. The van der Waals surface area contributed by atoms with Gasteiger partial charge >= 0.3 is 0 Å². The maximum atomic E-state index is 13.5. The van der Waals surface area contributed by atoms with Gasteiger partial charge in [-0.25, -0.2) is 4.39 Å². The van der Waals surface area contributed by atoms with Crippen LogP contribution in [-0.2, 0) is 18.8 Å². The van der Waals surface area contributed by atoms with Crippen molar-refractivity contribution in [2.75, 3.05) is 31.3 Å². The molecule has 0 saturated carbocycles. The monoisotopic (exact) mass is 398 g/mol. The average molecular weight is 399 g/mol. The van der Waals surface area contributed by atoms with Gasteiger partial charge in [0.1, 0.15) is 5.82 Å². The second-order valence-electron chi connectivity index (χ2n) is 6.67. The first-order chi connectivity index (χ1) is 13.7. The minimum atomic E-state index is -0.191. The maximum Gasteiger partial charge on any atom is 0.191 e. The molecule has 2 aromatic rings. The van der Waals surface area contributed by atoms with Crippen molar-refractivity contribution >= 4 is 23.4 Å². The van der Waals surface area contributed by atoms with Crippen molar-refractivity contribution in [1.82, 2.24) is 10.6 Å². The van der Waals surface area contributed by atoms with Crippen LogP contribution in [0.5, 0.6) is 0 Å². The van der Waals surface area contributed by atoms with Crippen LogP contribution >= 0.6 is 11.8 Å². The third-order valence-electron chi connectivity index (χ3n) is 4.69. The molecule has 0 fully saturated rings. The van der Waals surface area contributed by atoms with Crippen LogP contribution in [0.1, 0.15) is 16.7 Å². The number of halogens is 1. The molecule has 0 spiro atoms. The Morgan fingerprint density at radius 3 is 2.61 bits per heavy atom. The van der Waals surface area contributed by atoms with Gasteiger partial charge in [-0.3, -0.25) is 4.99 Å². The van der Waals surface area contributed by atoms with Gasteiger partial charge in [-0.05, 0) is 47.2 Å². The molecule has 28 heavy (non-hydrogen) atoms. The Morgan fingerprint density at radius 1 is 1.07 bits per heavy atom. The predicted octanol–water partition coefficient (Wildman–Crippen LogP) is 3.93. The molecule has 0 unspecified atom stereocenters. The Balaban J connectivity index is 1.56. The van der Waals surface area contributed by atoms with Crippen molar-refractivity contribution in [1.29, 1.82) is 0 Å². The average Bonchev–Trinajstić information content (AvgIpc) is 3.25. The van der Waals surface area contributed by atoms with Crippen LogP contribution in [0, 0.1) is 5.82 Å². The molecule has 2 aromatic carbocycles. The van der Waals surface area contributed by atoms with Crippen LogP contribution in [0.4, 0.5) is 10.1 Å². The molecule has 3 rings (SSSR count). The Labute approximate surface area is 170 Å². The number of hydrogen-bond donors (Lipinski definition) is 2. The first-order valence-corrected chi connectivity index (χ1v) is 10.8. The number of nitrogens with one attached hydrogen (secondary N) is 2. The minimum absolute atomic E-state index is 0.191. The standard InChI is InChI=1S/C22H27FN4S/c1-24-22(26-15-18-8-9-20(23)13-19(18)16-28-2)25-14-17-6-5-7-21(12-17)27-10-3-4-11-27/h3-9,12-13H,10-11,14-16H2,1-2H3,(H2,24,25,26). The highest BCUT2D eigenvalue weighted by Crippen LogP contribution is 2.19. The van der Waals surface area contributed by atoms with Crippen LogP contribution in [0.3, 0.4) is 0 Å². The zero-order valence-electron chi connectivity index (χ0n) is 16.4. The van der Waals surface area contributed by atoms with E-state index in [1.165, 1.54) is 17.3 Å². The Hall–Kier alpha value is -2.47. The molecule has 4 nitrogen and oxygen atoms in total. The predicted molar refractivity (Wildman–Crippen MR) is 118 cm³/mol. The highest BCUT2D eigenvalue weighted by atomic mass is 32.2. The van der Waals surface area contributed by atoms with Gasteiger partial charge in [-0.2, -0.15) is 11.8 Å². The molecule has 1 aliphatic heterocycles. The van der Waals surface area contributed by atoms with E-state index in [1.807, 2.05) is 12.3 Å². The van der Waals surface area contributed by atoms with Gasteiger partial charge in [-0.15, -0.1) is 0 Å². The molecule has 0 aromatic heterocycles. The van der Waals surface area contributed by atoms with Crippen LogP contribution in [0.15, 0.2) is 59.6 Å². The normalized spacial score (nSPS) is 13.8. The van der Waals surface area contributed by atoms with Gasteiger partial charge in [0, 0.05) is 44.7 Å². The second-order valence-corrected chi connectivity index (χ2v) is 7.54. The summed E-state index contributed by atoms with van der Waals surface area (Å²) < 4.78 is 13.5. The number of benzene rings is 2. The van der Waals surface area contributed by atoms with Crippen molar-refractivity contribution in [3.05, 3.63) is 77.1 Å². The highest BCUT2D eigenvalue weighted by Gasteiger charge is 2.09. The van der Waals surface area contributed by atoms with Crippen LogP contribution in [-0.4, -0.2) is 32.4 Å². The van der Waals surface area contributed by atoms with E-state index in [4.69, 9.17) is 0 Å². The number of hydrogen-bond acceptors (Lipinski definition) is 3. The number of anilines is 1. The van der Waals surface area contributed by atoms with Gasteiger partial charge in [0.15, 0.2) is 5.96 Å². The quantitative estimate of drug-likeness (QED) is 0.421. The topological polar surface area (TPSA) is 39.7 Å². The van der Waals surface area contributed by atoms with E-state index in [1.54, 1.807) is 24.9 Å². The molecule has 0 bridgehead atoms. The summed E-state index contributed by atoms with van der Waals surface area (Å²) in [6, 6.07) is 13.5. The summed E-state index contributed by atoms with van der Waals surface area (Å²) in [5.74, 6) is 1.33. The first-order valence-electron chi connectivity index (χ1n) is 9.39. The fourth-order valence-electron chi connectivity index (χ4n) is 3.19. The molecule has 0 saturated heterocycles. The van der Waals surface area contributed by atoms with Gasteiger partial charge in [0.05, 0.1) is 0 Å². The first kappa shape index (κ1) is 20.3. The van der Waals surface area contributed by atoms with Crippen molar-refractivity contribution < 1.29 is 4.39 Å². The number of rotatable bonds is 7. The fourth-order valence-corrected chi connectivity index (χ4v) is 3.77. The molecule has 0 radical (unpaired) electrons. The van der Waals surface area contributed by atoms with Crippen molar-refractivity contribution in [3.63, 3.8) is 0 Å². The zero-order chi connectivity index (χ0) is 19.8. The molecule has 2 N–H and O–H groups in total. The third kappa shape index (κ3) is 5.52. The van der Waals surface area contributed by atoms with Crippen LogP contribution in [0.2, 0.25) is 0 Å². The van der Waals surface area contributed by atoms with E-state index in [0.717, 1.165) is 35.9 Å². The fraction of sp³-hybridized carbons (Fsp3) is 0.318. The molecular weight excluding hydrogens is 371 g/mol.